The van der Waals surface area contributed by atoms with Gasteiger partial charge in [0.15, 0.2) is 0 Å². The number of amides is 3. The molecule has 6 heteroatoms. The zero-order chi connectivity index (χ0) is 27.8. The molecule has 0 radical (unpaired) electrons. The average Bonchev–Trinajstić information content (AvgIpc) is 2.98. The van der Waals surface area contributed by atoms with E-state index in [0.717, 1.165) is 38.5 Å². The number of rotatable bonds is 9. The number of carbonyl (C=O) groups excluding carboxylic acids is 3. The summed E-state index contributed by atoms with van der Waals surface area (Å²) < 4.78 is 0. The largest absolute Gasteiger partial charge is 0.349 e. The van der Waals surface area contributed by atoms with E-state index in [1.807, 2.05) is 0 Å². The van der Waals surface area contributed by atoms with Crippen LogP contribution in [0.4, 0.5) is 0 Å². The van der Waals surface area contributed by atoms with Crippen LogP contribution in [0.3, 0.4) is 0 Å². The van der Waals surface area contributed by atoms with Gasteiger partial charge in [-0.05, 0) is 95.2 Å². The normalized spacial score (nSPS) is 21.9. The number of carbonyl (C=O) groups is 3. The molecule has 216 valence electrons. The number of nitrogens with one attached hydrogen (secondary N) is 3. The molecule has 39 heavy (non-hydrogen) atoms. The maximum Gasteiger partial charge on any atom is 0.251 e. The summed E-state index contributed by atoms with van der Waals surface area (Å²) in [6.45, 7) is 6.24. The van der Waals surface area contributed by atoms with Crippen LogP contribution in [-0.4, -0.2) is 35.8 Å². The van der Waals surface area contributed by atoms with Crippen molar-refractivity contribution in [3.63, 3.8) is 0 Å². The van der Waals surface area contributed by atoms with Gasteiger partial charge in [0.2, 0.25) is 0 Å². The van der Waals surface area contributed by atoms with Gasteiger partial charge in [-0.1, -0.05) is 57.8 Å². The molecule has 3 atom stereocenters. The van der Waals surface area contributed by atoms with Gasteiger partial charge in [0.25, 0.3) is 17.7 Å². The fraction of sp³-hybridized carbons (Fsp3) is 0.727. The van der Waals surface area contributed by atoms with Crippen LogP contribution in [0.5, 0.6) is 0 Å². The van der Waals surface area contributed by atoms with Gasteiger partial charge in [0.1, 0.15) is 0 Å². The van der Waals surface area contributed by atoms with E-state index in [0.29, 0.717) is 34.4 Å². The highest BCUT2D eigenvalue weighted by Crippen LogP contribution is 2.29. The topological polar surface area (TPSA) is 87.3 Å². The molecule has 3 unspecified atom stereocenters. The highest BCUT2D eigenvalue weighted by atomic mass is 16.2. The summed E-state index contributed by atoms with van der Waals surface area (Å²) in [5, 5.41) is 9.54. The molecule has 1 aromatic carbocycles. The number of hydrogen-bond donors (Lipinski definition) is 3. The molecule has 0 spiro atoms. The molecule has 0 heterocycles. The van der Waals surface area contributed by atoms with Crippen molar-refractivity contribution in [3.05, 3.63) is 34.9 Å². The molecule has 3 saturated carbocycles. The Bertz CT molecular complexity index is 838. The minimum absolute atomic E-state index is 0.0604. The van der Waals surface area contributed by atoms with Crippen molar-refractivity contribution in [1.29, 1.82) is 0 Å². The molecule has 6 nitrogen and oxygen atoms in total. The molecule has 3 aliphatic rings. The maximum absolute atomic E-state index is 13.4. The Balaban J connectivity index is 1.51. The van der Waals surface area contributed by atoms with E-state index in [2.05, 4.69) is 36.7 Å². The lowest BCUT2D eigenvalue weighted by molar-refractivity contribution is 0.0918. The molecule has 0 saturated heterocycles. The van der Waals surface area contributed by atoms with E-state index in [1.54, 1.807) is 18.2 Å². The molecule has 0 aliphatic heterocycles. The fourth-order valence-corrected chi connectivity index (χ4v) is 7.15. The third-order valence-electron chi connectivity index (χ3n) is 9.87. The predicted octanol–water partition coefficient (Wildman–Crippen LogP) is 6.78. The van der Waals surface area contributed by atoms with Gasteiger partial charge < -0.3 is 16.0 Å². The first-order valence-corrected chi connectivity index (χ1v) is 15.9. The Morgan fingerprint density at radius 3 is 0.949 bits per heavy atom. The second-order valence-electron chi connectivity index (χ2n) is 12.8. The molecule has 3 aliphatic carbocycles. The van der Waals surface area contributed by atoms with Gasteiger partial charge in [0, 0.05) is 34.8 Å². The summed E-state index contributed by atoms with van der Waals surface area (Å²) in [5.74, 6) is 0.797. The summed E-state index contributed by atoms with van der Waals surface area (Å²) in [6, 6.07) is 5.16. The van der Waals surface area contributed by atoms with Gasteiger partial charge in [-0.2, -0.15) is 0 Å². The van der Waals surface area contributed by atoms with Crippen LogP contribution in [-0.2, 0) is 0 Å². The Labute approximate surface area is 235 Å². The van der Waals surface area contributed by atoms with Gasteiger partial charge in [-0.3, -0.25) is 14.4 Å². The van der Waals surface area contributed by atoms with E-state index >= 15 is 0 Å². The number of benzene rings is 1. The van der Waals surface area contributed by atoms with Gasteiger partial charge in [-0.25, -0.2) is 0 Å². The lowest BCUT2D eigenvalue weighted by Gasteiger charge is -2.29. The summed E-state index contributed by atoms with van der Waals surface area (Å²) in [4.78, 5) is 40.2. The Hall–Kier alpha value is -2.37. The van der Waals surface area contributed by atoms with Crippen molar-refractivity contribution in [1.82, 2.24) is 16.0 Å². The zero-order valence-corrected chi connectivity index (χ0v) is 24.5. The second-order valence-corrected chi connectivity index (χ2v) is 12.8. The zero-order valence-electron chi connectivity index (χ0n) is 24.5. The minimum atomic E-state index is -0.211. The van der Waals surface area contributed by atoms with E-state index in [1.165, 1.54) is 57.8 Å². The molecule has 0 bridgehead atoms. The Kier molecular flexibility index (Phi) is 10.9. The summed E-state index contributed by atoms with van der Waals surface area (Å²) in [7, 11) is 0. The van der Waals surface area contributed by atoms with Gasteiger partial charge in [-0.15, -0.1) is 0 Å². The lowest BCUT2D eigenvalue weighted by Crippen LogP contribution is -2.41. The molecule has 3 fully saturated rings. The number of hydrogen-bond acceptors (Lipinski definition) is 3. The first kappa shape index (κ1) is 29.6. The summed E-state index contributed by atoms with van der Waals surface area (Å²) in [6.07, 6.45) is 17.9. The third-order valence-corrected chi connectivity index (χ3v) is 9.87. The maximum atomic E-state index is 13.4. The van der Waals surface area contributed by atoms with Crippen molar-refractivity contribution in [2.75, 3.05) is 0 Å². The summed E-state index contributed by atoms with van der Waals surface area (Å²) >= 11 is 0. The van der Waals surface area contributed by atoms with Crippen molar-refractivity contribution >= 4 is 17.7 Å². The van der Waals surface area contributed by atoms with Crippen molar-refractivity contribution in [2.24, 2.45) is 17.8 Å². The highest BCUT2D eigenvalue weighted by Gasteiger charge is 2.26. The van der Waals surface area contributed by atoms with Crippen molar-refractivity contribution < 1.29 is 14.4 Å². The van der Waals surface area contributed by atoms with Crippen LogP contribution in [0.2, 0.25) is 0 Å². The molecule has 3 N–H and O–H groups in total. The first-order valence-electron chi connectivity index (χ1n) is 15.9. The average molecular weight is 538 g/mol. The van der Waals surface area contributed by atoms with Gasteiger partial charge in [0.05, 0.1) is 0 Å². The quantitative estimate of drug-likeness (QED) is 0.324. The SMILES string of the molecule is CC(NC(=O)c1cc(C(=O)NC(C)C2CCCCC2)cc(C(=O)NC(C)C2CCCCC2)c1)C1CCCCC1. The Morgan fingerprint density at radius 2 is 0.718 bits per heavy atom. The van der Waals surface area contributed by atoms with E-state index in [9.17, 15) is 14.4 Å². The molecule has 0 aromatic heterocycles. The molecule has 3 amide bonds. The monoisotopic (exact) mass is 537 g/mol. The second kappa shape index (κ2) is 14.3. The van der Waals surface area contributed by atoms with Crippen LogP contribution in [0.15, 0.2) is 18.2 Å². The van der Waals surface area contributed by atoms with E-state index in [-0.39, 0.29) is 35.8 Å². The fourth-order valence-electron chi connectivity index (χ4n) is 7.15. The Morgan fingerprint density at radius 1 is 0.487 bits per heavy atom. The smallest absolute Gasteiger partial charge is 0.251 e. The summed E-state index contributed by atoms with van der Waals surface area (Å²) in [5.41, 5.74) is 1.14. The van der Waals surface area contributed by atoms with Crippen LogP contribution in [0.25, 0.3) is 0 Å². The minimum Gasteiger partial charge on any atom is -0.349 e. The highest BCUT2D eigenvalue weighted by molar-refractivity contribution is 6.04. The van der Waals surface area contributed by atoms with Crippen molar-refractivity contribution in [2.45, 2.75) is 135 Å². The molecule has 4 rings (SSSR count). The third kappa shape index (κ3) is 8.31. The van der Waals surface area contributed by atoms with Crippen LogP contribution < -0.4 is 16.0 Å². The predicted molar refractivity (Wildman–Crippen MR) is 157 cm³/mol. The van der Waals surface area contributed by atoms with Crippen LogP contribution in [0.1, 0.15) is 148 Å². The molecule has 1 aromatic rings. The van der Waals surface area contributed by atoms with E-state index in [4.69, 9.17) is 0 Å². The molecular weight excluding hydrogens is 486 g/mol. The standard InChI is InChI=1S/C33H51N3O3/c1-22(25-13-7-4-8-14-25)34-31(37)28-19-29(32(38)35-23(2)26-15-9-5-10-16-26)21-30(20-28)33(39)36-24(3)27-17-11-6-12-18-27/h19-27H,4-18H2,1-3H3,(H,34,37)(H,35,38)(H,36,39). The van der Waals surface area contributed by atoms with Crippen molar-refractivity contribution in [3.8, 4) is 0 Å². The van der Waals surface area contributed by atoms with Crippen LogP contribution >= 0.6 is 0 Å². The first-order chi connectivity index (χ1) is 18.8. The van der Waals surface area contributed by atoms with Crippen LogP contribution in [0, 0.1) is 17.8 Å². The lowest BCUT2D eigenvalue weighted by atomic mass is 9.84. The molecular formula is C33H51N3O3. The van der Waals surface area contributed by atoms with Gasteiger partial charge >= 0.3 is 0 Å². The van der Waals surface area contributed by atoms with E-state index < -0.39 is 0 Å².